The number of carbonyl (C=O) groups is 1. The first kappa shape index (κ1) is 23.7. The summed E-state index contributed by atoms with van der Waals surface area (Å²) in [6.45, 7) is 0.970. The van der Waals surface area contributed by atoms with Gasteiger partial charge in [-0.3, -0.25) is 0 Å². The SMILES string of the molecule is O=C1OCC(CO)O1.O=C=O.OCC1CO1.[Br-].[K+]. The molecule has 2 rings (SSSR count). The monoisotopic (exact) mass is 354 g/mol. The molecule has 2 N–H and O–H groups in total. The van der Waals surface area contributed by atoms with E-state index in [9.17, 15) is 4.79 Å². The summed E-state index contributed by atoms with van der Waals surface area (Å²) in [4.78, 5) is 26.3. The zero-order valence-corrected chi connectivity index (χ0v) is 14.4. The van der Waals surface area contributed by atoms with Gasteiger partial charge in [0.25, 0.3) is 0 Å². The minimum absolute atomic E-state index is 0. The van der Waals surface area contributed by atoms with E-state index >= 15 is 0 Å². The van der Waals surface area contributed by atoms with Crippen molar-refractivity contribution in [2.45, 2.75) is 12.2 Å². The Morgan fingerprint density at radius 3 is 1.72 bits per heavy atom. The molecule has 100 valence electrons. The second kappa shape index (κ2) is 15.7. The van der Waals surface area contributed by atoms with Crippen LogP contribution >= 0.6 is 0 Å². The molecule has 2 atom stereocenters. The Labute approximate surface area is 156 Å². The number of ether oxygens (including phenoxy) is 3. The molecule has 2 aliphatic rings. The summed E-state index contributed by atoms with van der Waals surface area (Å²) in [5.41, 5.74) is 0. The first-order chi connectivity index (χ1) is 7.67. The van der Waals surface area contributed by atoms with E-state index in [1.807, 2.05) is 0 Å². The van der Waals surface area contributed by atoms with Crippen molar-refractivity contribution in [1.29, 1.82) is 0 Å². The average Bonchev–Trinajstić information content (AvgIpc) is 3.03. The Hall–Kier alpha value is 0.646. The summed E-state index contributed by atoms with van der Waals surface area (Å²) in [7, 11) is 0. The fraction of sp³-hybridized carbons (Fsp3) is 0.750. The van der Waals surface area contributed by atoms with Gasteiger partial charge in [-0.25, -0.2) is 4.79 Å². The van der Waals surface area contributed by atoms with Gasteiger partial charge < -0.3 is 41.4 Å². The maximum Gasteiger partial charge on any atom is 1.00 e. The molecule has 0 saturated carbocycles. The van der Waals surface area contributed by atoms with E-state index in [2.05, 4.69) is 14.2 Å². The van der Waals surface area contributed by atoms with Gasteiger partial charge in [-0.1, -0.05) is 0 Å². The first-order valence-electron chi connectivity index (χ1n) is 4.33. The summed E-state index contributed by atoms with van der Waals surface area (Å²) in [6, 6.07) is 0. The molecule has 18 heavy (non-hydrogen) atoms. The van der Waals surface area contributed by atoms with E-state index in [1.165, 1.54) is 0 Å². The van der Waals surface area contributed by atoms with Gasteiger partial charge in [0.2, 0.25) is 0 Å². The normalized spacial score (nSPS) is 22.0. The van der Waals surface area contributed by atoms with E-state index in [0.29, 0.717) is 0 Å². The van der Waals surface area contributed by atoms with Crippen molar-refractivity contribution in [2.24, 2.45) is 0 Å². The Bertz CT molecular complexity index is 241. The molecular formula is C8H12BrKO8. The molecule has 10 heteroatoms. The molecule has 0 aromatic heterocycles. The third-order valence-corrected chi connectivity index (χ3v) is 1.46. The van der Waals surface area contributed by atoms with Crippen LogP contribution in [0, 0.1) is 0 Å². The number of aliphatic hydroxyl groups is 2. The van der Waals surface area contributed by atoms with E-state index in [0.717, 1.165) is 6.61 Å². The number of aliphatic hydroxyl groups excluding tert-OH is 2. The Balaban J connectivity index is -0.000000198. The van der Waals surface area contributed by atoms with Gasteiger partial charge in [0.1, 0.15) is 12.7 Å². The molecule has 2 saturated heterocycles. The average molecular weight is 355 g/mol. The van der Waals surface area contributed by atoms with Crippen LogP contribution in [0.4, 0.5) is 4.79 Å². The second-order valence-electron chi connectivity index (χ2n) is 2.70. The predicted octanol–water partition coefficient (Wildman–Crippen LogP) is -7.68. The standard InChI is InChI=1S/C4H6O4.C3H6O2.CO2.BrH.K/c5-1-3-2-7-4(6)8-3;4-1-3-2-5-3;2-1-3;;/h3,5H,1-2H2;3-4H,1-2H2;;1H;/q;;;;+1/p-1. The van der Waals surface area contributed by atoms with Gasteiger partial charge in [0, 0.05) is 0 Å². The van der Waals surface area contributed by atoms with Crippen molar-refractivity contribution in [3.05, 3.63) is 0 Å². The summed E-state index contributed by atoms with van der Waals surface area (Å²) in [5, 5.41) is 16.4. The fourth-order valence-electron chi connectivity index (χ4n) is 0.629. The van der Waals surface area contributed by atoms with Crippen LogP contribution in [0.25, 0.3) is 0 Å². The molecule has 2 unspecified atom stereocenters. The zero-order chi connectivity index (χ0) is 12.4. The van der Waals surface area contributed by atoms with Gasteiger partial charge in [-0.15, -0.1) is 0 Å². The van der Waals surface area contributed by atoms with Gasteiger partial charge >= 0.3 is 63.7 Å². The van der Waals surface area contributed by atoms with E-state index in [1.54, 1.807) is 0 Å². The van der Waals surface area contributed by atoms with Crippen molar-refractivity contribution >= 4 is 12.3 Å². The predicted molar refractivity (Wildman–Crippen MR) is 45.1 cm³/mol. The maximum atomic E-state index is 10.1. The molecule has 0 bridgehead atoms. The fourth-order valence-corrected chi connectivity index (χ4v) is 0.629. The molecule has 8 nitrogen and oxygen atoms in total. The molecule has 2 fully saturated rings. The van der Waals surface area contributed by atoms with Crippen molar-refractivity contribution in [1.82, 2.24) is 0 Å². The summed E-state index contributed by atoms with van der Waals surface area (Å²) in [5.74, 6) is 0. The van der Waals surface area contributed by atoms with Gasteiger partial charge in [-0.2, -0.15) is 9.59 Å². The second-order valence-corrected chi connectivity index (χ2v) is 2.70. The first-order valence-corrected chi connectivity index (χ1v) is 4.33. The third kappa shape index (κ3) is 14.7. The van der Waals surface area contributed by atoms with Crippen molar-refractivity contribution in [3.63, 3.8) is 0 Å². The topological polar surface area (TPSA) is 123 Å². The van der Waals surface area contributed by atoms with Crippen LogP contribution < -0.4 is 68.4 Å². The summed E-state index contributed by atoms with van der Waals surface area (Å²) >= 11 is 0. The van der Waals surface area contributed by atoms with Crippen molar-refractivity contribution in [3.8, 4) is 0 Å². The molecule has 0 aromatic carbocycles. The number of rotatable bonds is 2. The number of halogens is 1. The quantitative estimate of drug-likeness (QED) is 0.285. The molecule has 0 radical (unpaired) electrons. The van der Waals surface area contributed by atoms with E-state index < -0.39 is 12.3 Å². The van der Waals surface area contributed by atoms with Crippen LogP contribution in [0.2, 0.25) is 0 Å². The Kier molecular flexibility index (Phi) is 20.7. The van der Waals surface area contributed by atoms with Crippen molar-refractivity contribution in [2.75, 3.05) is 26.4 Å². The van der Waals surface area contributed by atoms with Crippen LogP contribution in [0.3, 0.4) is 0 Å². The Morgan fingerprint density at radius 2 is 1.61 bits per heavy atom. The zero-order valence-electron chi connectivity index (χ0n) is 9.71. The smallest absolute Gasteiger partial charge is 1.00 e. The van der Waals surface area contributed by atoms with Crippen LogP contribution in [-0.2, 0) is 23.8 Å². The van der Waals surface area contributed by atoms with Crippen molar-refractivity contribution < 1.29 is 107 Å². The Morgan fingerprint density at radius 1 is 1.17 bits per heavy atom. The number of carbonyl (C=O) groups excluding carboxylic acids is 3. The largest absolute Gasteiger partial charge is 1.00 e. The van der Waals surface area contributed by atoms with Crippen LogP contribution in [0.5, 0.6) is 0 Å². The molecule has 0 aromatic rings. The van der Waals surface area contributed by atoms with Gasteiger partial charge in [-0.05, 0) is 0 Å². The molecular weight excluding hydrogens is 343 g/mol. The molecule has 0 amide bonds. The van der Waals surface area contributed by atoms with Gasteiger partial charge in [0.15, 0.2) is 6.10 Å². The van der Waals surface area contributed by atoms with Crippen LogP contribution in [-0.4, -0.2) is 61.2 Å². The molecule has 2 heterocycles. The number of hydrogen-bond donors (Lipinski definition) is 2. The number of cyclic esters (lactones) is 2. The molecule has 0 spiro atoms. The minimum atomic E-state index is -0.691. The third-order valence-electron chi connectivity index (χ3n) is 1.46. The number of hydrogen-bond acceptors (Lipinski definition) is 8. The van der Waals surface area contributed by atoms with Crippen LogP contribution in [0.1, 0.15) is 0 Å². The summed E-state index contributed by atoms with van der Waals surface area (Å²) in [6.07, 6.45) is -0.693. The number of epoxide rings is 1. The van der Waals surface area contributed by atoms with Crippen LogP contribution in [0.15, 0.2) is 0 Å². The van der Waals surface area contributed by atoms with E-state index in [4.69, 9.17) is 19.8 Å². The van der Waals surface area contributed by atoms with Gasteiger partial charge in [0.05, 0.1) is 19.8 Å². The maximum absolute atomic E-state index is 10.1. The molecule has 0 aliphatic carbocycles. The minimum Gasteiger partial charge on any atom is -1.00 e. The summed E-state index contributed by atoms with van der Waals surface area (Å²) < 4.78 is 13.3. The molecule has 2 aliphatic heterocycles. The van der Waals surface area contributed by atoms with E-state index in [-0.39, 0.29) is 100 Å².